The van der Waals surface area contributed by atoms with Gasteiger partial charge >= 0.3 is 0 Å². The third-order valence-electron chi connectivity index (χ3n) is 3.57. The SMILES string of the molecule is CC(C)C1(Cn2c(CO)n[nH]c2=S)CC1. The molecule has 0 atom stereocenters. The highest BCUT2D eigenvalue weighted by Crippen LogP contribution is 2.53. The third-order valence-corrected chi connectivity index (χ3v) is 3.88. The lowest BCUT2D eigenvalue weighted by molar-refractivity contribution is 0.248. The van der Waals surface area contributed by atoms with Crippen LogP contribution in [0.5, 0.6) is 0 Å². The van der Waals surface area contributed by atoms with Crippen molar-refractivity contribution in [2.45, 2.75) is 39.8 Å². The summed E-state index contributed by atoms with van der Waals surface area (Å²) in [4.78, 5) is 0. The first-order valence-corrected chi connectivity index (χ1v) is 5.75. The maximum atomic E-state index is 9.14. The van der Waals surface area contributed by atoms with E-state index in [4.69, 9.17) is 17.3 Å². The van der Waals surface area contributed by atoms with Gasteiger partial charge < -0.3 is 9.67 Å². The Morgan fingerprint density at radius 2 is 2.27 bits per heavy atom. The lowest BCUT2D eigenvalue weighted by Crippen LogP contribution is -2.19. The van der Waals surface area contributed by atoms with E-state index >= 15 is 0 Å². The van der Waals surface area contributed by atoms with Gasteiger partial charge in [0.25, 0.3) is 0 Å². The van der Waals surface area contributed by atoms with Crippen LogP contribution >= 0.6 is 12.2 Å². The van der Waals surface area contributed by atoms with Gasteiger partial charge in [-0.05, 0) is 36.4 Å². The van der Waals surface area contributed by atoms with Crippen molar-refractivity contribution >= 4 is 12.2 Å². The van der Waals surface area contributed by atoms with Crippen molar-refractivity contribution in [3.63, 3.8) is 0 Å². The zero-order valence-electron chi connectivity index (χ0n) is 9.16. The van der Waals surface area contributed by atoms with Crippen molar-refractivity contribution in [1.82, 2.24) is 14.8 Å². The van der Waals surface area contributed by atoms with E-state index in [2.05, 4.69) is 24.0 Å². The van der Waals surface area contributed by atoms with E-state index in [1.54, 1.807) is 0 Å². The first kappa shape index (κ1) is 10.8. The number of nitrogens with one attached hydrogen (secondary N) is 1. The van der Waals surface area contributed by atoms with Crippen molar-refractivity contribution in [2.75, 3.05) is 0 Å². The quantitative estimate of drug-likeness (QED) is 0.772. The van der Waals surface area contributed by atoms with Gasteiger partial charge in [-0.2, -0.15) is 5.10 Å². The van der Waals surface area contributed by atoms with Crippen LogP contribution in [0.4, 0.5) is 0 Å². The molecule has 1 heterocycles. The van der Waals surface area contributed by atoms with E-state index in [0.29, 0.717) is 21.9 Å². The molecule has 0 spiro atoms. The molecule has 0 saturated heterocycles. The fourth-order valence-corrected chi connectivity index (χ4v) is 2.24. The lowest BCUT2D eigenvalue weighted by Gasteiger charge is -2.20. The summed E-state index contributed by atoms with van der Waals surface area (Å²) in [5.41, 5.74) is 0.381. The Kier molecular flexibility index (Phi) is 2.68. The molecule has 0 unspecified atom stereocenters. The smallest absolute Gasteiger partial charge is 0.195 e. The lowest BCUT2D eigenvalue weighted by atomic mass is 9.92. The van der Waals surface area contributed by atoms with Crippen LogP contribution in [-0.4, -0.2) is 19.9 Å². The molecule has 0 aliphatic heterocycles. The maximum absolute atomic E-state index is 9.14. The van der Waals surface area contributed by atoms with Crippen LogP contribution in [0, 0.1) is 16.1 Å². The molecule has 0 radical (unpaired) electrons. The van der Waals surface area contributed by atoms with Gasteiger partial charge in [0, 0.05) is 6.54 Å². The highest BCUT2D eigenvalue weighted by Gasteiger charge is 2.45. The van der Waals surface area contributed by atoms with Gasteiger partial charge in [-0.15, -0.1) is 0 Å². The zero-order valence-corrected chi connectivity index (χ0v) is 9.97. The summed E-state index contributed by atoms with van der Waals surface area (Å²) < 4.78 is 2.55. The molecule has 0 aromatic carbocycles. The fraction of sp³-hybridized carbons (Fsp3) is 0.800. The summed E-state index contributed by atoms with van der Waals surface area (Å²) in [6.07, 6.45) is 2.50. The average molecular weight is 227 g/mol. The van der Waals surface area contributed by atoms with Crippen molar-refractivity contribution in [1.29, 1.82) is 0 Å². The van der Waals surface area contributed by atoms with Gasteiger partial charge in [0.05, 0.1) is 0 Å². The van der Waals surface area contributed by atoms with Crippen LogP contribution in [0.15, 0.2) is 0 Å². The fourth-order valence-electron chi connectivity index (χ4n) is 2.03. The number of hydrogen-bond donors (Lipinski definition) is 2. The number of rotatable bonds is 4. The molecule has 1 aromatic rings. The van der Waals surface area contributed by atoms with E-state index in [0.717, 1.165) is 6.54 Å². The van der Waals surface area contributed by atoms with Gasteiger partial charge in [0.15, 0.2) is 10.6 Å². The second-order valence-electron chi connectivity index (χ2n) is 4.71. The minimum Gasteiger partial charge on any atom is -0.388 e. The first-order valence-electron chi connectivity index (χ1n) is 5.34. The van der Waals surface area contributed by atoms with Gasteiger partial charge in [0.1, 0.15) is 6.61 Å². The Balaban J connectivity index is 2.24. The minimum atomic E-state index is -0.0543. The topological polar surface area (TPSA) is 53.8 Å². The summed E-state index contributed by atoms with van der Waals surface area (Å²) in [6.45, 7) is 5.32. The minimum absolute atomic E-state index is 0.0543. The average Bonchev–Trinajstić information content (AvgIpc) is 2.90. The second kappa shape index (κ2) is 3.72. The number of aromatic amines is 1. The van der Waals surface area contributed by atoms with E-state index in [9.17, 15) is 0 Å². The molecule has 0 amide bonds. The normalized spacial score (nSPS) is 18.4. The Morgan fingerprint density at radius 3 is 2.73 bits per heavy atom. The van der Waals surface area contributed by atoms with Gasteiger partial charge in [-0.1, -0.05) is 13.8 Å². The molecule has 1 aliphatic carbocycles. The molecule has 2 rings (SSSR count). The number of nitrogens with zero attached hydrogens (tertiary/aromatic N) is 2. The van der Waals surface area contributed by atoms with Gasteiger partial charge in [-0.3, -0.25) is 5.10 Å². The van der Waals surface area contributed by atoms with Crippen LogP contribution in [0.25, 0.3) is 0 Å². The molecule has 4 nitrogen and oxygen atoms in total. The third kappa shape index (κ3) is 1.86. The Hall–Kier alpha value is -0.680. The van der Waals surface area contributed by atoms with Crippen LogP contribution in [-0.2, 0) is 13.2 Å². The van der Waals surface area contributed by atoms with Gasteiger partial charge in [-0.25, -0.2) is 0 Å². The molecule has 5 heteroatoms. The van der Waals surface area contributed by atoms with Gasteiger partial charge in [0.2, 0.25) is 0 Å². The molecular formula is C10H17N3OS. The van der Waals surface area contributed by atoms with Crippen molar-refractivity contribution < 1.29 is 5.11 Å². The summed E-state index contributed by atoms with van der Waals surface area (Å²) in [6, 6.07) is 0. The number of hydrogen-bond acceptors (Lipinski definition) is 3. The number of aromatic nitrogens is 3. The van der Waals surface area contributed by atoms with E-state index in [1.807, 2.05) is 4.57 Å². The van der Waals surface area contributed by atoms with Crippen LogP contribution in [0.3, 0.4) is 0 Å². The summed E-state index contributed by atoms with van der Waals surface area (Å²) in [5.74, 6) is 1.30. The molecule has 2 N–H and O–H groups in total. The summed E-state index contributed by atoms with van der Waals surface area (Å²) in [5, 5.41) is 15.9. The van der Waals surface area contributed by atoms with Crippen LogP contribution in [0.2, 0.25) is 0 Å². The molecule has 0 bridgehead atoms. The van der Waals surface area contributed by atoms with Crippen LogP contribution < -0.4 is 0 Å². The summed E-state index contributed by atoms with van der Waals surface area (Å²) >= 11 is 5.16. The highest BCUT2D eigenvalue weighted by molar-refractivity contribution is 7.71. The first-order chi connectivity index (χ1) is 7.09. The number of aliphatic hydroxyl groups excluding tert-OH is 1. The Bertz CT molecular complexity index is 403. The highest BCUT2D eigenvalue weighted by atomic mass is 32.1. The monoisotopic (exact) mass is 227 g/mol. The van der Waals surface area contributed by atoms with E-state index < -0.39 is 0 Å². The van der Waals surface area contributed by atoms with Crippen LogP contribution in [0.1, 0.15) is 32.5 Å². The molecule has 1 saturated carbocycles. The molecule has 1 aliphatic rings. The maximum Gasteiger partial charge on any atom is 0.195 e. The Labute approximate surface area is 94.3 Å². The van der Waals surface area contributed by atoms with E-state index in [-0.39, 0.29) is 6.61 Å². The van der Waals surface area contributed by atoms with Crippen molar-refractivity contribution in [3.05, 3.63) is 10.6 Å². The van der Waals surface area contributed by atoms with E-state index in [1.165, 1.54) is 12.8 Å². The van der Waals surface area contributed by atoms with Crippen molar-refractivity contribution in [3.8, 4) is 0 Å². The molecule has 84 valence electrons. The predicted octanol–water partition coefficient (Wildman–Crippen LogP) is 1.87. The standard InChI is InChI=1S/C10H17N3OS/c1-7(2)10(3-4-10)6-13-8(5-14)11-12-9(13)15/h7,14H,3-6H2,1-2H3,(H,12,15). The molecule has 15 heavy (non-hydrogen) atoms. The molecular weight excluding hydrogens is 210 g/mol. The Morgan fingerprint density at radius 1 is 1.60 bits per heavy atom. The number of H-pyrrole nitrogens is 1. The largest absolute Gasteiger partial charge is 0.388 e. The second-order valence-corrected chi connectivity index (χ2v) is 5.09. The van der Waals surface area contributed by atoms with Crippen molar-refractivity contribution in [2.24, 2.45) is 11.3 Å². The summed E-state index contributed by atoms with van der Waals surface area (Å²) in [7, 11) is 0. The molecule has 1 fully saturated rings. The number of aliphatic hydroxyl groups is 1. The predicted molar refractivity (Wildman–Crippen MR) is 59.8 cm³/mol. The zero-order chi connectivity index (χ0) is 11.1. The molecule has 1 aromatic heterocycles.